The first-order chi connectivity index (χ1) is 8.81. The summed E-state index contributed by atoms with van der Waals surface area (Å²) in [7, 11) is 0. The van der Waals surface area contributed by atoms with Crippen molar-refractivity contribution in [3.8, 4) is 5.69 Å². The molecule has 0 saturated heterocycles. The molecule has 4 heteroatoms. The van der Waals surface area contributed by atoms with E-state index in [9.17, 15) is 9.50 Å². The van der Waals surface area contributed by atoms with Crippen LogP contribution >= 0.6 is 0 Å². The fourth-order valence-corrected chi connectivity index (χ4v) is 2.08. The van der Waals surface area contributed by atoms with Crippen LogP contribution in [0.5, 0.6) is 0 Å². The third-order valence-corrected chi connectivity index (χ3v) is 2.86. The molecule has 0 bridgehead atoms. The lowest BCUT2D eigenvalue weighted by Crippen LogP contribution is -2.00. The minimum absolute atomic E-state index is 0.233. The molecule has 0 amide bonds. The molecule has 0 aliphatic carbocycles. The maximum absolute atomic E-state index is 13.7. The van der Waals surface area contributed by atoms with Crippen LogP contribution in [0.15, 0.2) is 48.5 Å². The second kappa shape index (κ2) is 4.23. The van der Waals surface area contributed by atoms with Crippen molar-refractivity contribution < 1.29 is 9.50 Å². The zero-order valence-corrected chi connectivity index (χ0v) is 9.55. The second-order valence-electron chi connectivity index (χ2n) is 3.96. The minimum Gasteiger partial charge on any atom is -0.388 e. The van der Waals surface area contributed by atoms with Gasteiger partial charge < -0.3 is 5.11 Å². The Morgan fingerprint density at radius 2 is 1.83 bits per heavy atom. The molecule has 0 radical (unpaired) electrons. The monoisotopic (exact) mass is 242 g/mol. The number of imidazole rings is 1. The number of aliphatic hydroxyl groups excluding tert-OH is 1. The van der Waals surface area contributed by atoms with Crippen molar-refractivity contribution in [1.29, 1.82) is 0 Å². The van der Waals surface area contributed by atoms with Gasteiger partial charge in [0.05, 0.1) is 5.52 Å². The van der Waals surface area contributed by atoms with Crippen LogP contribution in [0.3, 0.4) is 0 Å². The van der Waals surface area contributed by atoms with Crippen molar-refractivity contribution in [2.75, 3.05) is 0 Å². The van der Waals surface area contributed by atoms with E-state index >= 15 is 0 Å². The van der Waals surface area contributed by atoms with Gasteiger partial charge in [0.15, 0.2) is 5.82 Å². The predicted molar refractivity (Wildman–Crippen MR) is 67.0 cm³/mol. The molecule has 90 valence electrons. The Morgan fingerprint density at radius 3 is 2.56 bits per heavy atom. The summed E-state index contributed by atoms with van der Waals surface area (Å²) in [6, 6.07) is 14.3. The van der Waals surface area contributed by atoms with Crippen LogP contribution in [0.2, 0.25) is 0 Å². The molecule has 0 aliphatic heterocycles. The summed E-state index contributed by atoms with van der Waals surface area (Å²) in [5, 5.41) is 9.37. The highest BCUT2D eigenvalue weighted by Crippen LogP contribution is 2.23. The normalized spacial score (nSPS) is 11.0. The number of para-hydroxylation sites is 2. The molecule has 0 saturated carbocycles. The fourth-order valence-electron chi connectivity index (χ4n) is 2.08. The largest absolute Gasteiger partial charge is 0.388 e. The number of rotatable bonds is 2. The van der Waals surface area contributed by atoms with Crippen molar-refractivity contribution in [1.82, 2.24) is 9.55 Å². The van der Waals surface area contributed by atoms with Crippen LogP contribution in [0.4, 0.5) is 4.39 Å². The molecule has 0 unspecified atom stereocenters. The molecule has 3 nitrogen and oxygen atoms in total. The topological polar surface area (TPSA) is 38.1 Å². The summed E-state index contributed by atoms with van der Waals surface area (Å²) in [4.78, 5) is 4.15. The van der Waals surface area contributed by atoms with Gasteiger partial charge in [-0.25, -0.2) is 9.37 Å². The Hall–Kier alpha value is -2.20. The molecule has 3 rings (SSSR count). The highest BCUT2D eigenvalue weighted by Gasteiger charge is 2.13. The molecular weight excluding hydrogens is 231 g/mol. The number of benzene rings is 2. The van der Waals surface area contributed by atoms with E-state index in [1.54, 1.807) is 16.7 Å². The minimum atomic E-state index is -0.378. The smallest absolute Gasteiger partial charge is 0.151 e. The summed E-state index contributed by atoms with van der Waals surface area (Å²) in [5.41, 5.74) is 1.80. The first-order valence-electron chi connectivity index (χ1n) is 5.63. The van der Waals surface area contributed by atoms with Crippen molar-refractivity contribution in [2.24, 2.45) is 0 Å². The Kier molecular flexibility index (Phi) is 2.57. The lowest BCUT2D eigenvalue weighted by Gasteiger charge is -2.07. The maximum atomic E-state index is 13.7. The first-order valence-corrected chi connectivity index (χ1v) is 5.63. The van der Waals surface area contributed by atoms with Gasteiger partial charge in [-0.05, 0) is 24.3 Å². The van der Waals surface area contributed by atoms with Gasteiger partial charge in [-0.3, -0.25) is 4.57 Å². The average Bonchev–Trinajstić information content (AvgIpc) is 2.80. The van der Waals surface area contributed by atoms with Gasteiger partial charge in [-0.15, -0.1) is 0 Å². The van der Waals surface area contributed by atoms with E-state index in [-0.39, 0.29) is 17.9 Å². The highest BCUT2D eigenvalue weighted by atomic mass is 19.1. The van der Waals surface area contributed by atoms with E-state index < -0.39 is 0 Å². The van der Waals surface area contributed by atoms with E-state index in [2.05, 4.69) is 4.98 Å². The number of halogens is 1. The van der Waals surface area contributed by atoms with Gasteiger partial charge in [0, 0.05) is 5.69 Å². The van der Waals surface area contributed by atoms with E-state index in [1.165, 1.54) is 6.07 Å². The summed E-state index contributed by atoms with van der Waals surface area (Å²) < 4.78 is 15.4. The maximum Gasteiger partial charge on any atom is 0.151 e. The van der Waals surface area contributed by atoms with Crippen LogP contribution in [0, 0.1) is 5.82 Å². The van der Waals surface area contributed by atoms with E-state index in [0.717, 1.165) is 5.69 Å². The van der Waals surface area contributed by atoms with Crippen molar-refractivity contribution >= 4 is 11.0 Å². The molecular formula is C14H11FN2O. The average molecular weight is 242 g/mol. The number of aromatic nitrogens is 2. The number of aliphatic hydroxyl groups is 1. The summed E-state index contributed by atoms with van der Waals surface area (Å²) >= 11 is 0. The Balaban J connectivity index is 2.37. The third-order valence-electron chi connectivity index (χ3n) is 2.86. The van der Waals surface area contributed by atoms with Gasteiger partial charge in [-0.2, -0.15) is 0 Å². The lowest BCUT2D eigenvalue weighted by atomic mass is 10.2. The molecule has 1 N–H and O–H groups in total. The van der Waals surface area contributed by atoms with E-state index in [1.807, 2.05) is 30.3 Å². The van der Waals surface area contributed by atoms with Crippen molar-refractivity contribution in [3.63, 3.8) is 0 Å². The Bertz CT molecular complexity index is 692. The quantitative estimate of drug-likeness (QED) is 0.750. The first kappa shape index (κ1) is 10.9. The molecule has 18 heavy (non-hydrogen) atoms. The third kappa shape index (κ3) is 1.58. The van der Waals surface area contributed by atoms with Gasteiger partial charge >= 0.3 is 0 Å². The van der Waals surface area contributed by atoms with Crippen LogP contribution < -0.4 is 0 Å². The van der Waals surface area contributed by atoms with Gasteiger partial charge in [0.2, 0.25) is 0 Å². The van der Waals surface area contributed by atoms with Crippen LogP contribution in [0.1, 0.15) is 5.82 Å². The van der Waals surface area contributed by atoms with E-state index in [0.29, 0.717) is 11.3 Å². The lowest BCUT2D eigenvalue weighted by molar-refractivity contribution is 0.270. The van der Waals surface area contributed by atoms with Gasteiger partial charge in [-0.1, -0.05) is 24.3 Å². The molecule has 0 atom stereocenters. The highest BCUT2D eigenvalue weighted by molar-refractivity contribution is 5.78. The standard InChI is InChI=1S/C14H11FN2O/c15-11-7-4-8-12-14(11)16-13(9-18)17(12)10-5-2-1-3-6-10/h1-8,18H,9H2. The zero-order chi connectivity index (χ0) is 12.5. The summed E-state index contributed by atoms with van der Waals surface area (Å²) in [5.74, 6) is 0.0539. The number of nitrogens with zero attached hydrogens (tertiary/aromatic N) is 2. The number of hydrogen-bond acceptors (Lipinski definition) is 2. The van der Waals surface area contributed by atoms with Gasteiger partial charge in [0.25, 0.3) is 0 Å². The zero-order valence-electron chi connectivity index (χ0n) is 9.55. The fraction of sp³-hybridized carbons (Fsp3) is 0.0714. The molecule has 1 aromatic heterocycles. The number of fused-ring (bicyclic) bond motifs is 1. The Morgan fingerprint density at radius 1 is 1.06 bits per heavy atom. The van der Waals surface area contributed by atoms with Crippen molar-refractivity contribution in [3.05, 3.63) is 60.2 Å². The van der Waals surface area contributed by atoms with E-state index in [4.69, 9.17) is 0 Å². The number of hydrogen-bond donors (Lipinski definition) is 1. The summed E-state index contributed by atoms with van der Waals surface area (Å²) in [6.07, 6.45) is 0. The van der Waals surface area contributed by atoms with Gasteiger partial charge in [0.1, 0.15) is 17.9 Å². The van der Waals surface area contributed by atoms with Crippen LogP contribution in [-0.2, 0) is 6.61 Å². The van der Waals surface area contributed by atoms with Crippen LogP contribution in [0.25, 0.3) is 16.7 Å². The second-order valence-corrected chi connectivity index (χ2v) is 3.96. The summed E-state index contributed by atoms with van der Waals surface area (Å²) in [6.45, 7) is -0.233. The SMILES string of the molecule is OCc1nc2c(F)cccc2n1-c1ccccc1. The molecule has 0 aliphatic rings. The molecule has 0 spiro atoms. The molecule has 2 aromatic carbocycles. The molecule has 1 heterocycles. The predicted octanol–water partition coefficient (Wildman–Crippen LogP) is 2.66. The Labute approximate surface area is 103 Å². The van der Waals surface area contributed by atoms with Crippen LogP contribution in [-0.4, -0.2) is 14.7 Å². The molecule has 3 aromatic rings. The molecule has 0 fully saturated rings. The van der Waals surface area contributed by atoms with Crippen molar-refractivity contribution in [2.45, 2.75) is 6.61 Å².